The molecule has 0 bridgehead atoms. The zero-order valence-electron chi connectivity index (χ0n) is 18.4. The van der Waals surface area contributed by atoms with Crippen molar-refractivity contribution in [2.24, 2.45) is 0 Å². The molecule has 2 aliphatic rings. The first-order chi connectivity index (χ1) is 15.2. The fraction of sp³-hybridized carbons (Fsp3) is 0.520. The van der Waals surface area contributed by atoms with E-state index in [9.17, 15) is 4.79 Å². The second-order valence-corrected chi connectivity index (χ2v) is 8.41. The lowest BCUT2D eigenvalue weighted by molar-refractivity contribution is -0.147. The molecule has 6 nitrogen and oxygen atoms in total. The van der Waals surface area contributed by atoms with Gasteiger partial charge in [-0.25, -0.2) is 9.78 Å². The van der Waals surface area contributed by atoms with Crippen LogP contribution in [-0.2, 0) is 27.1 Å². The number of benzene rings is 1. The summed E-state index contributed by atoms with van der Waals surface area (Å²) in [5.41, 5.74) is 3.47. The number of unbranched alkanes of at least 4 members (excludes halogenated alkanes) is 1. The highest BCUT2D eigenvalue weighted by Crippen LogP contribution is 2.27. The molecule has 0 spiro atoms. The summed E-state index contributed by atoms with van der Waals surface area (Å²) in [4.78, 5) is 19.4. The van der Waals surface area contributed by atoms with Crippen molar-refractivity contribution in [1.29, 1.82) is 0 Å². The van der Waals surface area contributed by atoms with Crippen LogP contribution in [0.3, 0.4) is 0 Å². The van der Waals surface area contributed by atoms with Crippen molar-refractivity contribution in [2.45, 2.75) is 50.7 Å². The number of nitrogens with zero attached hydrogens (tertiary/aromatic N) is 2. The molecule has 3 heterocycles. The third kappa shape index (κ3) is 5.63. The number of carbonyl (C=O) groups is 1. The van der Waals surface area contributed by atoms with Crippen LogP contribution in [0.5, 0.6) is 0 Å². The molecule has 2 aliphatic heterocycles. The number of hydrogen-bond acceptors (Lipinski definition) is 6. The van der Waals surface area contributed by atoms with E-state index in [0.717, 1.165) is 75.4 Å². The van der Waals surface area contributed by atoms with Crippen molar-refractivity contribution >= 4 is 11.8 Å². The van der Waals surface area contributed by atoms with Crippen LogP contribution in [0.1, 0.15) is 48.5 Å². The van der Waals surface area contributed by atoms with Gasteiger partial charge in [-0.05, 0) is 55.7 Å². The molecular weight excluding hydrogens is 390 g/mol. The Morgan fingerprint density at radius 2 is 2.10 bits per heavy atom. The van der Waals surface area contributed by atoms with E-state index < -0.39 is 0 Å². The number of hydrogen-bond donors (Lipinski definition) is 1. The number of ether oxygens (including phenoxy) is 2. The van der Waals surface area contributed by atoms with Crippen molar-refractivity contribution < 1.29 is 14.3 Å². The molecule has 2 atom stereocenters. The number of esters is 1. The fourth-order valence-corrected chi connectivity index (χ4v) is 4.53. The summed E-state index contributed by atoms with van der Waals surface area (Å²) in [5.74, 6) is 0.864. The Balaban J connectivity index is 1.20. The van der Waals surface area contributed by atoms with E-state index in [1.807, 2.05) is 30.3 Å². The summed E-state index contributed by atoms with van der Waals surface area (Å²) in [6, 6.07) is 13.9. The van der Waals surface area contributed by atoms with Crippen molar-refractivity contribution in [3.05, 3.63) is 59.3 Å². The topological polar surface area (TPSA) is 63.7 Å². The fourth-order valence-electron chi connectivity index (χ4n) is 4.53. The summed E-state index contributed by atoms with van der Waals surface area (Å²) in [7, 11) is 1.45. The Morgan fingerprint density at radius 3 is 2.94 bits per heavy atom. The van der Waals surface area contributed by atoms with Gasteiger partial charge in [0.1, 0.15) is 11.9 Å². The highest BCUT2D eigenvalue weighted by atomic mass is 16.5. The Kier molecular flexibility index (Phi) is 7.54. The number of likely N-dealkylation sites (tertiary alicyclic amines) is 1. The van der Waals surface area contributed by atoms with Crippen LogP contribution in [0.4, 0.5) is 5.82 Å². The van der Waals surface area contributed by atoms with Crippen molar-refractivity contribution in [2.75, 3.05) is 38.7 Å². The molecule has 0 saturated carbocycles. The van der Waals surface area contributed by atoms with Crippen LogP contribution in [0.25, 0.3) is 0 Å². The minimum Gasteiger partial charge on any atom is -0.468 e. The average Bonchev–Trinajstić information content (AvgIpc) is 3.27. The highest BCUT2D eigenvalue weighted by Gasteiger charge is 2.34. The van der Waals surface area contributed by atoms with Crippen LogP contribution in [-0.4, -0.2) is 55.3 Å². The Hall–Kier alpha value is -2.44. The number of aryl methyl sites for hydroxylation is 2. The summed E-state index contributed by atoms with van der Waals surface area (Å²) >= 11 is 0. The number of methoxy groups -OCH3 is 1. The summed E-state index contributed by atoms with van der Waals surface area (Å²) in [5, 5.41) is 3.41. The average molecular weight is 424 g/mol. The third-order valence-corrected chi connectivity index (χ3v) is 6.21. The first kappa shape index (κ1) is 21.8. The van der Waals surface area contributed by atoms with Gasteiger partial charge in [-0.2, -0.15) is 0 Å². The highest BCUT2D eigenvalue weighted by molar-refractivity contribution is 5.77. The number of anilines is 1. The molecule has 31 heavy (non-hydrogen) atoms. The number of pyridine rings is 1. The van der Waals surface area contributed by atoms with E-state index in [1.165, 1.54) is 19.1 Å². The predicted octanol–water partition coefficient (Wildman–Crippen LogP) is 3.77. The van der Waals surface area contributed by atoms with Crippen molar-refractivity contribution in [1.82, 2.24) is 9.88 Å². The lowest BCUT2D eigenvalue weighted by atomic mass is 10.1. The van der Waals surface area contributed by atoms with Gasteiger partial charge in [0.05, 0.1) is 13.2 Å². The number of aromatic nitrogens is 1. The van der Waals surface area contributed by atoms with E-state index in [2.05, 4.69) is 22.3 Å². The van der Waals surface area contributed by atoms with Crippen LogP contribution in [0.2, 0.25) is 0 Å². The molecule has 0 radical (unpaired) electrons. The number of rotatable bonds is 9. The Morgan fingerprint density at radius 1 is 1.23 bits per heavy atom. The van der Waals surface area contributed by atoms with Crippen molar-refractivity contribution in [3.63, 3.8) is 0 Å². The normalized spacial score (nSPS) is 19.5. The molecule has 2 unspecified atom stereocenters. The number of nitrogens with one attached hydrogen (secondary N) is 1. The Bertz CT molecular complexity index is 858. The molecule has 0 amide bonds. The van der Waals surface area contributed by atoms with Crippen LogP contribution >= 0.6 is 0 Å². The largest absolute Gasteiger partial charge is 0.468 e. The third-order valence-electron chi connectivity index (χ3n) is 6.21. The lowest BCUT2D eigenvalue weighted by Gasteiger charge is -2.25. The first-order valence-corrected chi connectivity index (χ1v) is 11.5. The van der Waals surface area contributed by atoms with Gasteiger partial charge < -0.3 is 14.8 Å². The van der Waals surface area contributed by atoms with Gasteiger partial charge in [0.15, 0.2) is 0 Å². The predicted molar refractivity (Wildman–Crippen MR) is 121 cm³/mol. The molecule has 1 N–H and O–H groups in total. The van der Waals surface area contributed by atoms with Gasteiger partial charge in [-0.15, -0.1) is 0 Å². The molecule has 2 aromatic rings. The molecule has 1 fully saturated rings. The van der Waals surface area contributed by atoms with Gasteiger partial charge >= 0.3 is 5.97 Å². The van der Waals surface area contributed by atoms with Crippen LogP contribution in [0.15, 0.2) is 42.5 Å². The molecule has 1 aromatic heterocycles. The molecular formula is C25H33N3O3. The molecule has 6 heteroatoms. The molecule has 4 rings (SSSR count). The van der Waals surface area contributed by atoms with Gasteiger partial charge in [0, 0.05) is 31.9 Å². The molecule has 1 aromatic carbocycles. The zero-order chi connectivity index (χ0) is 21.5. The van der Waals surface area contributed by atoms with Crippen molar-refractivity contribution in [3.8, 4) is 0 Å². The molecule has 1 saturated heterocycles. The maximum absolute atomic E-state index is 12.4. The summed E-state index contributed by atoms with van der Waals surface area (Å²) in [6.07, 6.45) is 6.49. The maximum Gasteiger partial charge on any atom is 0.327 e. The maximum atomic E-state index is 12.4. The van der Waals surface area contributed by atoms with Gasteiger partial charge in [-0.1, -0.05) is 36.4 Å². The van der Waals surface area contributed by atoms with E-state index in [4.69, 9.17) is 14.5 Å². The Labute approximate surface area is 185 Å². The lowest BCUT2D eigenvalue weighted by Crippen LogP contribution is -2.34. The zero-order valence-corrected chi connectivity index (χ0v) is 18.4. The molecule has 166 valence electrons. The summed E-state index contributed by atoms with van der Waals surface area (Å²) < 4.78 is 11.2. The van der Waals surface area contributed by atoms with E-state index >= 15 is 0 Å². The smallest absolute Gasteiger partial charge is 0.327 e. The standard InChI is InChI=1S/C25H33N3O3/c1-30-25(29)23(19-8-3-2-4-9-19)28-16-14-22(18-28)31-17-6-5-11-21-13-12-20-10-7-15-26-24(20)27-21/h2-4,8-9,12-13,22-23H,5-7,10-11,14-18H2,1H3,(H,26,27). The summed E-state index contributed by atoms with van der Waals surface area (Å²) in [6.45, 7) is 3.37. The first-order valence-electron chi connectivity index (χ1n) is 11.5. The quantitative estimate of drug-likeness (QED) is 0.489. The molecule has 0 aliphatic carbocycles. The van der Waals surface area contributed by atoms with E-state index in [0.29, 0.717) is 0 Å². The second kappa shape index (κ2) is 10.7. The second-order valence-electron chi connectivity index (χ2n) is 8.41. The van der Waals surface area contributed by atoms with Gasteiger partial charge in [-0.3, -0.25) is 4.90 Å². The number of fused-ring (bicyclic) bond motifs is 1. The van der Waals surface area contributed by atoms with E-state index in [-0.39, 0.29) is 18.1 Å². The van der Waals surface area contributed by atoms with Crippen LogP contribution in [0, 0.1) is 0 Å². The van der Waals surface area contributed by atoms with Gasteiger partial charge in [0.2, 0.25) is 0 Å². The van der Waals surface area contributed by atoms with Crippen LogP contribution < -0.4 is 5.32 Å². The minimum absolute atomic E-state index is 0.168. The monoisotopic (exact) mass is 423 g/mol. The number of carbonyl (C=O) groups excluding carboxylic acids is 1. The van der Waals surface area contributed by atoms with Gasteiger partial charge in [0.25, 0.3) is 0 Å². The SMILES string of the molecule is COC(=O)C(c1ccccc1)N1CCC(OCCCCc2ccc3c(n2)NCCC3)C1. The van der Waals surface area contributed by atoms with E-state index in [1.54, 1.807) is 0 Å². The minimum atomic E-state index is -0.358.